The molecule has 0 aromatic carbocycles. The Kier molecular flexibility index (Phi) is 4.94. The van der Waals surface area contributed by atoms with Crippen LogP contribution in [0.3, 0.4) is 0 Å². The summed E-state index contributed by atoms with van der Waals surface area (Å²) in [5.41, 5.74) is 5.71. The lowest BCUT2D eigenvalue weighted by molar-refractivity contribution is -0.0917. The second-order valence-electron chi connectivity index (χ2n) is 7.24. The summed E-state index contributed by atoms with van der Waals surface area (Å²) in [7, 11) is 0. The van der Waals surface area contributed by atoms with E-state index in [0.717, 1.165) is 37.5 Å². The zero-order valence-corrected chi connectivity index (χ0v) is 13.0. The van der Waals surface area contributed by atoms with E-state index in [-0.39, 0.29) is 5.41 Å². The third-order valence-electron chi connectivity index (χ3n) is 6.41. The molecule has 0 saturated heterocycles. The molecule has 4 unspecified atom stereocenters. The Morgan fingerprint density at radius 3 is 2.26 bits per heavy atom. The molecule has 0 amide bonds. The van der Waals surface area contributed by atoms with Gasteiger partial charge in [0.15, 0.2) is 0 Å². The lowest BCUT2D eigenvalue weighted by atomic mass is 9.66. The van der Waals surface area contributed by atoms with Crippen molar-refractivity contribution < 1.29 is 5.11 Å². The van der Waals surface area contributed by atoms with Crippen molar-refractivity contribution in [2.75, 3.05) is 6.54 Å². The van der Waals surface area contributed by atoms with E-state index in [2.05, 4.69) is 13.8 Å². The summed E-state index contributed by atoms with van der Waals surface area (Å²) in [5, 5.41) is 11.3. The third-order valence-corrected chi connectivity index (χ3v) is 6.41. The molecule has 2 heteroatoms. The fraction of sp³-hybridized carbons (Fsp3) is 1.00. The first-order chi connectivity index (χ1) is 9.09. The molecule has 0 aliphatic heterocycles. The summed E-state index contributed by atoms with van der Waals surface area (Å²) in [4.78, 5) is 0. The Labute approximate surface area is 119 Å². The normalized spacial score (nSPS) is 44.2. The van der Waals surface area contributed by atoms with Crippen molar-refractivity contribution in [3.63, 3.8) is 0 Å². The molecule has 0 radical (unpaired) electrons. The van der Waals surface area contributed by atoms with Crippen LogP contribution in [0.5, 0.6) is 0 Å². The monoisotopic (exact) mass is 267 g/mol. The highest BCUT2D eigenvalue weighted by Crippen LogP contribution is 2.54. The van der Waals surface area contributed by atoms with Crippen molar-refractivity contribution in [2.24, 2.45) is 23.0 Å². The Morgan fingerprint density at radius 2 is 1.68 bits per heavy atom. The number of aliphatic hydroxyl groups is 1. The predicted octanol–water partition coefficient (Wildman–Crippen LogP) is 3.86. The van der Waals surface area contributed by atoms with Gasteiger partial charge in [-0.15, -0.1) is 0 Å². The lowest BCUT2D eigenvalue weighted by Gasteiger charge is -2.45. The van der Waals surface area contributed by atoms with Crippen molar-refractivity contribution >= 4 is 0 Å². The van der Waals surface area contributed by atoms with Gasteiger partial charge in [0, 0.05) is 12.0 Å². The van der Waals surface area contributed by atoms with Crippen molar-refractivity contribution in [3.8, 4) is 0 Å². The summed E-state index contributed by atoms with van der Waals surface area (Å²) in [6.07, 6.45) is 11.8. The SMILES string of the molecule is CCC1CCCC(O)(C2(CN)CCC(CC)C2)CC1. The smallest absolute Gasteiger partial charge is 0.0716 e. The maximum atomic E-state index is 11.3. The highest BCUT2D eigenvalue weighted by molar-refractivity contribution is 5.04. The zero-order valence-electron chi connectivity index (χ0n) is 13.0. The Hall–Kier alpha value is -0.0800. The molecule has 2 rings (SSSR count). The second kappa shape index (κ2) is 6.13. The van der Waals surface area contributed by atoms with Crippen LogP contribution in [0, 0.1) is 17.3 Å². The second-order valence-corrected chi connectivity index (χ2v) is 7.24. The van der Waals surface area contributed by atoms with E-state index in [0.29, 0.717) is 6.54 Å². The molecule has 19 heavy (non-hydrogen) atoms. The van der Waals surface area contributed by atoms with Crippen molar-refractivity contribution in [2.45, 2.75) is 83.7 Å². The highest BCUT2D eigenvalue weighted by Gasteiger charge is 2.52. The third kappa shape index (κ3) is 2.85. The van der Waals surface area contributed by atoms with Crippen LogP contribution in [-0.4, -0.2) is 17.3 Å². The van der Waals surface area contributed by atoms with E-state index in [1.807, 2.05) is 0 Å². The Bertz CT molecular complexity index is 293. The zero-order chi connectivity index (χ0) is 13.9. The van der Waals surface area contributed by atoms with Gasteiger partial charge in [-0.25, -0.2) is 0 Å². The molecule has 0 aromatic rings. The predicted molar refractivity (Wildman–Crippen MR) is 80.9 cm³/mol. The summed E-state index contributed by atoms with van der Waals surface area (Å²) in [6, 6.07) is 0. The van der Waals surface area contributed by atoms with Gasteiger partial charge in [-0.1, -0.05) is 39.5 Å². The molecule has 3 N–H and O–H groups in total. The fourth-order valence-corrected chi connectivity index (χ4v) is 4.72. The van der Waals surface area contributed by atoms with E-state index in [9.17, 15) is 5.11 Å². The van der Waals surface area contributed by atoms with Crippen LogP contribution < -0.4 is 5.73 Å². The molecular formula is C17H33NO. The van der Waals surface area contributed by atoms with Crippen molar-refractivity contribution in [1.82, 2.24) is 0 Å². The quantitative estimate of drug-likeness (QED) is 0.760. The van der Waals surface area contributed by atoms with Crippen LogP contribution in [0.4, 0.5) is 0 Å². The number of rotatable bonds is 4. The highest BCUT2D eigenvalue weighted by atomic mass is 16.3. The summed E-state index contributed by atoms with van der Waals surface area (Å²) in [5.74, 6) is 1.62. The average Bonchev–Trinajstić information content (AvgIpc) is 2.78. The number of hydrogen-bond acceptors (Lipinski definition) is 2. The van der Waals surface area contributed by atoms with Gasteiger partial charge < -0.3 is 10.8 Å². The van der Waals surface area contributed by atoms with Crippen LogP contribution in [0.2, 0.25) is 0 Å². The van der Waals surface area contributed by atoms with Gasteiger partial charge in [-0.2, -0.15) is 0 Å². The average molecular weight is 267 g/mol. The minimum Gasteiger partial charge on any atom is -0.389 e. The largest absolute Gasteiger partial charge is 0.389 e. The van der Waals surface area contributed by atoms with Crippen LogP contribution in [0.25, 0.3) is 0 Å². The Balaban J connectivity index is 2.12. The topological polar surface area (TPSA) is 46.2 Å². The van der Waals surface area contributed by atoms with Gasteiger partial charge in [0.05, 0.1) is 5.60 Å². The first-order valence-electron chi connectivity index (χ1n) is 8.51. The first kappa shape index (κ1) is 15.3. The van der Waals surface area contributed by atoms with E-state index in [1.54, 1.807) is 0 Å². The Morgan fingerprint density at radius 1 is 1.00 bits per heavy atom. The van der Waals surface area contributed by atoms with Gasteiger partial charge in [-0.3, -0.25) is 0 Å². The maximum absolute atomic E-state index is 11.3. The molecule has 2 nitrogen and oxygen atoms in total. The minimum atomic E-state index is -0.477. The van der Waals surface area contributed by atoms with E-state index in [1.165, 1.54) is 38.5 Å². The van der Waals surface area contributed by atoms with Crippen LogP contribution >= 0.6 is 0 Å². The van der Waals surface area contributed by atoms with Gasteiger partial charge in [0.1, 0.15) is 0 Å². The molecule has 0 spiro atoms. The maximum Gasteiger partial charge on any atom is 0.0716 e. The van der Waals surface area contributed by atoms with Gasteiger partial charge >= 0.3 is 0 Å². The summed E-state index contributed by atoms with van der Waals surface area (Å²) < 4.78 is 0. The molecule has 4 atom stereocenters. The fourth-order valence-electron chi connectivity index (χ4n) is 4.72. The van der Waals surface area contributed by atoms with Gasteiger partial charge in [0.2, 0.25) is 0 Å². The molecule has 112 valence electrons. The van der Waals surface area contributed by atoms with Crippen molar-refractivity contribution in [1.29, 1.82) is 0 Å². The van der Waals surface area contributed by atoms with Crippen LogP contribution in [-0.2, 0) is 0 Å². The molecule has 2 saturated carbocycles. The molecule has 2 aliphatic rings. The van der Waals surface area contributed by atoms with Crippen molar-refractivity contribution in [3.05, 3.63) is 0 Å². The molecule has 2 aliphatic carbocycles. The molecular weight excluding hydrogens is 234 g/mol. The van der Waals surface area contributed by atoms with E-state index in [4.69, 9.17) is 5.73 Å². The van der Waals surface area contributed by atoms with Gasteiger partial charge in [0.25, 0.3) is 0 Å². The molecule has 0 aromatic heterocycles. The van der Waals surface area contributed by atoms with Gasteiger partial charge in [-0.05, 0) is 50.4 Å². The molecule has 2 fully saturated rings. The van der Waals surface area contributed by atoms with E-state index < -0.39 is 5.60 Å². The van der Waals surface area contributed by atoms with Crippen LogP contribution in [0.1, 0.15) is 78.1 Å². The van der Waals surface area contributed by atoms with E-state index >= 15 is 0 Å². The summed E-state index contributed by atoms with van der Waals surface area (Å²) >= 11 is 0. The molecule has 0 bridgehead atoms. The summed E-state index contributed by atoms with van der Waals surface area (Å²) in [6.45, 7) is 5.24. The molecule has 0 heterocycles. The standard InChI is InChI=1S/C17H33NO/c1-3-14-6-5-9-17(19,11-8-14)16(13-18)10-7-15(4-2)12-16/h14-15,19H,3-13,18H2,1-2H3. The number of hydrogen-bond donors (Lipinski definition) is 2. The lowest BCUT2D eigenvalue weighted by Crippen LogP contribution is -2.51. The minimum absolute atomic E-state index is 0.0241. The first-order valence-corrected chi connectivity index (χ1v) is 8.51. The number of nitrogens with two attached hydrogens (primary N) is 1. The van der Waals surface area contributed by atoms with Crippen LogP contribution in [0.15, 0.2) is 0 Å².